The number of fused-ring (bicyclic) bond motifs is 1. The summed E-state index contributed by atoms with van der Waals surface area (Å²) in [6.07, 6.45) is 6.39. The first-order valence-corrected chi connectivity index (χ1v) is 12.2. The molecule has 0 aliphatic carbocycles. The highest BCUT2D eigenvalue weighted by Crippen LogP contribution is 2.15. The summed E-state index contributed by atoms with van der Waals surface area (Å²) in [6, 6.07) is 4.14. The molecule has 0 saturated heterocycles. The zero-order valence-corrected chi connectivity index (χ0v) is 18.3. The van der Waals surface area contributed by atoms with E-state index in [9.17, 15) is 12.8 Å². The zero-order chi connectivity index (χ0) is 21.6. The lowest BCUT2D eigenvalue weighted by Crippen LogP contribution is -2.38. The van der Waals surface area contributed by atoms with Crippen molar-refractivity contribution in [1.82, 2.24) is 25.4 Å². The Morgan fingerprint density at radius 1 is 1.20 bits per heavy atom. The molecule has 0 amide bonds. The molecular weight excluding hydrogens is 407 g/mol. The summed E-state index contributed by atoms with van der Waals surface area (Å²) in [5.74, 6) is 2.05. The summed E-state index contributed by atoms with van der Waals surface area (Å²) in [4.78, 5) is 4.19. The molecule has 0 fully saturated rings. The van der Waals surface area contributed by atoms with Crippen molar-refractivity contribution in [3.8, 4) is 0 Å². The van der Waals surface area contributed by atoms with Crippen LogP contribution in [-0.4, -0.2) is 49.0 Å². The molecule has 2 aromatic rings. The summed E-state index contributed by atoms with van der Waals surface area (Å²) in [7, 11) is -1.56. The number of aliphatic imine (C=N–C) groups is 1. The van der Waals surface area contributed by atoms with Crippen molar-refractivity contribution in [3.63, 3.8) is 0 Å². The second-order valence-electron chi connectivity index (χ2n) is 7.58. The molecule has 2 N–H and O–H groups in total. The summed E-state index contributed by atoms with van der Waals surface area (Å²) in [5.41, 5.74) is 1.17. The molecule has 8 nitrogen and oxygen atoms in total. The Morgan fingerprint density at radius 3 is 2.80 bits per heavy atom. The van der Waals surface area contributed by atoms with Crippen LogP contribution in [0.4, 0.5) is 4.39 Å². The van der Waals surface area contributed by atoms with Crippen molar-refractivity contribution in [2.24, 2.45) is 4.99 Å². The molecule has 3 rings (SSSR count). The van der Waals surface area contributed by atoms with Crippen molar-refractivity contribution in [1.29, 1.82) is 0 Å². The summed E-state index contributed by atoms with van der Waals surface area (Å²) >= 11 is 0. The van der Waals surface area contributed by atoms with Crippen LogP contribution in [0.2, 0.25) is 0 Å². The van der Waals surface area contributed by atoms with Crippen molar-refractivity contribution in [2.45, 2.75) is 50.9 Å². The Morgan fingerprint density at radius 2 is 2.03 bits per heavy atom. The lowest BCUT2D eigenvalue weighted by Gasteiger charge is -2.14. The monoisotopic (exact) mass is 436 g/mol. The van der Waals surface area contributed by atoms with E-state index >= 15 is 0 Å². The van der Waals surface area contributed by atoms with Crippen molar-refractivity contribution in [2.75, 3.05) is 19.8 Å². The first-order valence-electron chi connectivity index (χ1n) is 10.2. The number of aromatic nitrogens is 3. The Labute approximate surface area is 176 Å². The van der Waals surface area contributed by atoms with E-state index in [-0.39, 0.29) is 12.3 Å². The molecule has 1 aromatic heterocycles. The quantitative estimate of drug-likeness (QED) is 0.505. The number of benzene rings is 1. The van der Waals surface area contributed by atoms with E-state index in [1.165, 1.54) is 30.9 Å². The van der Waals surface area contributed by atoms with Gasteiger partial charge in [0.05, 0.1) is 5.75 Å². The molecule has 0 bridgehead atoms. The smallest absolute Gasteiger partial charge is 0.191 e. The average molecular weight is 437 g/mol. The number of nitrogens with one attached hydrogen (secondary N) is 2. The third-order valence-corrected chi connectivity index (χ3v) is 5.92. The molecule has 2 heterocycles. The van der Waals surface area contributed by atoms with Crippen LogP contribution in [0.5, 0.6) is 0 Å². The van der Waals surface area contributed by atoms with Gasteiger partial charge in [-0.05, 0) is 36.1 Å². The van der Waals surface area contributed by atoms with E-state index in [1.54, 1.807) is 7.05 Å². The molecule has 0 saturated carbocycles. The topological polar surface area (TPSA) is 101 Å². The van der Waals surface area contributed by atoms with E-state index in [2.05, 4.69) is 30.4 Å². The van der Waals surface area contributed by atoms with Gasteiger partial charge in [-0.2, -0.15) is 0 Å². The number of hydrogen-bond donors (Lipinski definition) is 2. The van der Waals surface area contributed by atoms with Crippen LogP contribution in [0.1, 0.15) is 42.0 Å². The first kappa shape index (κ1) is 22.2. The number of hydrogen-bond acceptors (Lipinski definition) is 5. The second kappa shape index (κ2) is 10.0. The zero-order valence-electron chi connectivity index (χ0n) is 17.5. The van der Waals surface area contributed by atoms with E-state index in [4.69, 9.17) is 0 Å². The average Bonchev–Trinajstić information content (AvgIpc) is 2.91. The largest absolute Gasteiger partial charge is 0.356 e. The standard InChI is InChI=1S/C20H29FN6O2S/c1-22-20(23-10-9-19-26-25-18-6-4-3-5-11-27(18)19)24-13-16-12-17(21)8-7-15(16)14-30(2,28)29/h7-8,12H,3-6,9-11,13-14H2,1-2H3,(H2,22,23,24). The fourth-order valence-corrected chi connectivity index (χ4v) is 4.45. The maximum Gasteiger partial charge on any atom is 0.191 e. The van der Waals surface area contributed by atoms with Gasteiger partial charge in [-0.3, -0.25) is 4.99 Å². The predicted molar refractivity (Wildman–Crippen MR) is 114 cm³/mol. The van der Waals surface area contributed by atoms with Crippen molar-refractivity contribution in [3.05, 3.63) is 46.8 Å². The maximum atomic E-state index is 13.7. The van der Waals surface area contributed by atoms with Crippen molar-refractivity contribution >= 4 is 15.8 Å². The summed E-state index contributed by atoms with van der Waals surface area (Å²) < 4.78 is 39.2. The number of guanidine groups is 1. The fourth-order valence-electron chi connectivity index (χ4n) is 3.60. The van der Waals surface area contributed by atoms with Gasteiger partial charge >= 0.3 is 0 Å². The van der Waals surface area contributed by atoms with E-state index in [1.807, 2.05) is 0 Å². The van der Waals surface area contributed by atoms with Gasteiger partial charge in [0, 0.05) is 45.8 Å². The number of halogens is 1. The van der Waals surface area contributed by atoms with Gasteiger partial charge in [0.1, 0.15) is 17.5 Å². The van der Waals surface area contributed by atoms with E-state index in [0.717, 1.165) is 37.5 Å². The number of sulfone groups is 1. The van der Waals surface area contributed by atoms with Gasteiger partial charge in [0.2, 0.25) is 0 Å². The van der Waals surface area contributed by atoms with Gasteiger partial charge in [0.25, 0.3) is 0 Å². The normalized spacial score (nSPS) is 14.8. The highest BCUT2D eigenvalue weighted by molar-refractivity contribution is 7.89. The van der Waals surface area contributed by atoms with Crippen molar-refractivity contribution < 1.29 is 12.8 Å². The van der Waals surface area contributed by atoms with Crippen LogP contribution in [0, 0.1) is 5.82 Å². The van der Waals surface area contributed by atoms with Gasteiger partial charge in [0.15, 0.2) is 15.8 Å². The maximum absolute atomic E-state index is 13.7. The van der Waals surface area contributed by atoms with E-state index < -0.39 is 15.7 Å². The van der Waals surface area contributed by atoms with Crippen LogP contribution in [0.3, 0.4) is 0 Å². The minimum atomic E-state index is -3.22. The first-order chi connectivity index (χ1) is 14.4. The molecule has 1 aliphatic rings. The van der Waals surface area contributed by atoms with Crippen LogP contribution in [-0.2, 0) is 41.5 Å². The Balaban J connectivity index is 1.56. The Hall–Kier alpha value is -2.49. The minimum absolute atomic E-state index is 0.131. The van der Waals surface area contributed by atoms with Gasteiger partial charge in [-0.15, -0.1) is 10.2 Å². The number of rotatable bonds is 7. The lowest BCUT2D eigenvalue weighted by molar-refractivity contribution is 0.599. The van der Waals surface area contributed by atoms with Crippen LogP contribution in [0.25, 0.3) is 0 Å². The highest BCUT2D eigenvalue weighted by atomic mass is 32.2. The van der Waals surface area contributed by atoms with Gasteiger partial charge in [-0.1, -0.05) is 12.5 Å². The van der Waals surface area contributed by atoms with Crippen LogP contribution >= 0.6 is 0 Å². The molecule has 0 spiro atoms. The van der Waals surface area contributed by atoms with Crippen LogP contribution in [0.15, 0.2) is 23.2 Å². The third kappa shape index (κ3) is 6.25. The second-order valence-corrected chi connectivity index (χ2v) is 9.72. The predicted octanol–water partition coefficient (Wildman–Crippen LogP) is 1.60. The molecule has 0 unspecified atom stereocenters. The van der Waals surface area contributed by atoms with Gasteiger partial charge in [-0.25, -0.2) is 12.8 Å². The van der Waals surface area contributed by atoms with Crippen LogP contribution < -0.4 is 10.6 Å². The molecule has 164 valence electrons. The Bertz CT molecular complexity index is 1000. The third-order valence-electron chi connectivity index (χ3n) is 5.08. The van der Waals surface area contributed by atoms with E-state index in [0.29, 0.717) is 30.1 Å². The fraction of sp³-hybridized carbons (Fsp3) is 0.550. The number of nitrogens with zero attached hydrogens (tertiary/aromatic N) is 4. The molecule has 10 heteroatoms. The molecule has 0 radical (unpaired) electrons. The lowest BCUT2D eigenvalue weighted by atomic mass is 10.1. The Kier molecular flexibility index (Phi) is 7.41. The summed E-state index contributed by atoms with van der Waals surface area (Å²) in [6.45, 7) is 1.85. The number of aryl methyl sites for hydroxylation is 1. The summed E-state index contributed by atoms with van der Waals surface area (Å²) in [5, 5.41) is 15.0. The van der Waals surface area contributed by atoms with Gasteiger partial charge < -0.3 is 15.2 Å². The molecule has 0 atom stereocenters. The minimum Gasteiger partial charge on any atom is -0.356 e. The molecule has 1 aliphatic heterocycles. The molecule has 1 aromatic carbocycles. The molecular formula is C20H29FN6O2S. The SMILES string of the molecule is CN=C(NCCc1nnc2n1CCCCC2)NCc1cc(F)ccc1CS(C)(=O)=O. The highest BCUT2D eigenvalue weighted by Gasteiger charge is 2.15. The molecule has 30 heavy (non-hydrogen) atoms.